The number of benzene rings is 1. The van der Waals surface area contributed by atoms with Crippen LogP contribution in [0.5, 0.6) is 0 Å². The van der Waals surface area contributed by atoms with Crippen LogP contribution in [0.15, 0.2) is 58.3 Å². The van der Waals surface area contributed by atoms with E-state index in [1.165, 1.54) is 19.3 Å². The average Bonchev–Trinajstić information content (AvgIpc) is 3.49. The van der Waals surface area contributed by atoms with Crippen LogP contribution in [0.2, 0.25) is 0 Å². The third kappa shape index (κ3) is 4.68. The summed E-state index contributed by atoms with van der Waals surface area (Å²) >= 11 is 1.61. The van der Waals surface area contributed by atoms with Crippen molar-refractivity contribution in [3.05, 3.63) is 70.1 Å². The van der Waals surface area contributed by atoms with Crippen molar-refractivity contribution in [2.75, 3.05) is 19.6 Å². The molecule has 1 amide bonds. The van der Waals surface area contributed by atoms with Gasteiger partial charge in [-0.3, -0.25) is 4.79 Å². The van der Waals surface area contributed by atoms with Crippen LogP contribution in [0.3, 0.4) is 0 Å². The van der Waals surface area contributed by atoms with Crippen LogP contribution in [0, 0.1) is 5.92 Å². The molecule has 0 spiro atoms. The molecule has 0 unspecified atom stereocenters. The number of furan rings is 1. The highest BCUT2D eigenvalue weighted by atomic mass is 32.1. The summed E-state index contributed by atoms with van der Waals surface area (Å²) in [7, 11) is 0. The summed E-state index contributed by atoms with van der Waals surface area (Å²) in [6, 6.07) is 11.5. The summed E-state index contributed by atoms with van der Waals surface area (Å²) in [5, 5.41) is 17.1. The van der Waals surface area contributed by atoms with Gasteiger partial charge in [-0.25, -0.2) is 0 Å². The fourth-order valence-electron chi connectivity index (χ4n) is 4.89. The lowest BCUT2D eigenvalue weighted by Gasteiger charge is -2.40. The Morgan fingerprint density at radius 2 is 2.09 bits per heavy atom. The van der Waals surface area contributed by atoms with Gasteiger partial charge in [0.25, 0.3) is 5.91 Å². The van der Waals surface area contributed by atoms with E-state index in [9.17, 15) is 9.90 Å². The van der Waals surface area contributed by atoms with Crippen LogP contribution >= 0.6 is 11.3 Å². The number of likely N-dealkylation sites (tertiary alicyclic amines) is 1. The van der Waals surface area contributed by atoms with Gasteiger partial charge in [0.2, 0.25) is 0 Å². The summed E-state index contributed by atoms with van der Waals surface area (Å²) in [6.07, 6.45) is 9.71. The SMILES string of the molecule is O=C(NCc1cccs1)c1cc2cc(C3(O)CCN(C[C@@H]4CC=CCC4)CC3)ccc2o1. The number of allylic oxidation sites excluding steroid dienone is 2. The van der Waals surface area contributed by atoms with Crippen molar-refractivity contribution in [3.63, 3.8) is 0 Å². The Morgan fingerprint density at radius 3 is 2.84 bits per heavy atom. The molecule has 2 aromatic heterocycles. The van der Waals surface area contributed by atoms with Gasteiger partial charge in [-0.05, 0) is 73.2 Å². The van der Waals surface area contributed by atoms with Gasteiger partial charge in [-0.1, -0.05) is 24.3 Å². The largest absolute Gasteiger partial charge is 0.451 e. The molecule has 32 heavy (non-hydrogen) atoms. The molecular weight excluding hydrogens is 420 g/mol. The van der Waals surface area contributed by atoms with Crippen LogP contribution in [0.1, 0.15) is 53.1 Å². The quantitative estimate of drug-likeness (QED) is 0.515. The van der Waals surface area contributed by atoms with E-state index < -0.39 is 5.60 Å². The first-order chi connectivity index (χ1) is 15.6. The Bertz CT molecular complexity index is 1090. The molecule has 1 aliphatic heterocycles. The Hall–Kier alpha value is -2.41. The van der Waals surface area contributed by atoms with Gasteiger partial charge in [0.05, 0.1) is 12.1 Å². The van der Waals surface area contributed by atoms with Crippen LogP contribution < -0.4 is 5.32 Å². The number of carbonyl (C=O) groups is 1. The Labute approximate surface area is 192 Å². The number of hydrogen-bond donors (Lipinski definition) is 2. The second kappa shape index (κ2) is 9.22. The van der Waals surface area contributed by atoms with Gasteiger partial charge in [-0.15, -0.1) is 11.3 Å². The van der Waals surface area contributed by atoms with E-state index in [2.05, 4.69) is 22.4 Å². The molecule has 5 nitrogen and oxygen atoms in total. The summed E-state index contributed by atoms with van der Waals surface area (Å²) < 4.78 is 5.77. The maximum atomic E-state index is 12.5. The second-order valence-corrected chi connectivity index (χ2v) is 10.1. The number of aliphatic hydroxyl groups is 1. The van der Waals surface area contributed by atoms with E-state index in [4.69, 9.17) is 4.42 Å². The molecule has 5 rings (SSSR count). The lowest BCUT2D eigenvalue weighted by atomic mass is 9.83. The van der Waals surface area contributed by atoms with Crippen molar-refractivity contribution in [3.8, 4) is 0 Å². The summed E-state index contributed by atoms with van der Waals surface area (Å²) in [4.78, 5) is 16.1. The molecule has 3 aromatic rings. The smallest absolute Gasteiger partial charge is 0.287 e. The molecule has 3 heterocycles. The molecule has 0 radical (unpaired) electrons. The van der Waals surface area contributed by atoms with Crippen LogP contribution in [0.4, 0.5) is 0 Å². The fourth-order valence-corrected chi connectivity index (χ4v) is 5.54. The van der Waals surface area contributed by atoms with Gasteiger partial charge >= 0.3 is 0 Å². The van der Waals surface area contributed by atoms with Gasteiger partial charge in [-0.2, -0.15) is 0 Å². The van der Waals surface area contributed by atoms with Gasteiger partial charge in [0, 0.05) is 29.9 Å². The summed E-state index contributed by atoms with van der Waals surface area (Å²) in [6.45, 7) is 3.45. The van der Waals surface area contributed by atoms with Crippen LogP contribution in [0.25, 0.3) is 11.0 Å². The van der Waals surface area contributed by atoms with Gasteiger partial charge in [0.15, 0.2) is 5.76 Å². The molecule has 2 aliphatic rings. The average molecular weight is 451 g/mol. The van der Waals surface area contributed by atoms with Crippen molar-refractivity contribution in [1.82, 2.24) is 10.2 Å². The summed E-state index contributed by atoms with van der Waals surface area (Å²) in [5.41, 5.74) is 0.758. The predicted octanol–water partition coefficient (Wildman–Crippen LogP) is 5.06. The number of nitrogens with zero attached hydrogens (tertiary/aromatic N) is 1. The van der Waals surface area contributed by atoms with Crippen molar-refractivity contribution in [1.29, 1.82) is 0 Å². The third-order valence-electron chi connectivity index (χ3n) is 6.86. The minimum atomic E-state index is -0.823. The number of thiophene rings is 1. The van der Waals surface area contributed by atoms with Crippen molar-refractivity contribution >= 4 is 28.2 Å². The van der Waals surface area contributed by atoms with E-state index in [1.54, 1.807) is 17.4 Å². The normalized spacial score (nSPS) is 21.1. The first-order valence-electron chi connectivity index (χ1n) is 11.5. The molecule has 0 saturated carbocycles. The lowest BCUT2D eigenvalue weighted by molar-refractivity contribution is -0.0289. The molecule has 168 valence electrons. The lowest BCUT2D eigenvalue weighted by Crippen LogP contribution is -2.44. The monoisotopic (exact) mass is 450 g/mol. The number of fused-ring (bicyclic) bond motifs is 1. The Balaban J connectivity index is 1.23. The highest BCUT2D eigenvalue weighted by molar-refractivity contribution is 7.09. The molecule has 1 aromatic carbocycles. The number of piperidine rings is 1. The molecule has 1 fully saturated rings. The molecule has 6 heteroatoms. The number of nitrogens with one attached hydrogen (secondary N) is 1. The Morgan fingerprint density at radius 1 is 1.22 bits per heavy atom. The fraction of sp³-hybridized carbons (Fsp3) is 0.423. The topological polar surface area (TPSA) is 65.7 Å². The zero-order valence-corrected chi connectivity index (χ0v) is 19.1. The van der Waals surface area contributed by atoms with E-state index in [0.717, 1.165) is 54.2 Å². The van der Waals surface area contributed by atoms with Crippen LogP contribution in [-0.4, -0.2) is 35.5 Å². The highest BCUT2D eigenvalue weighted by Gasteiger charge is 2.34. The maximum absolute atomic E-state index is 12.5. The third-order valence-corrected chi connectivity index (χ3v) is 7.73. The number of amides is 1. The number of carbonyl (C=O) groups excluding carboxylic acids is 1. The van der Waals surface area contributed by atoms with E-state index in [-0.39, 0.29) is 5.91 Å². The van der Waals surface area contributed by atoms with Crippen molar-refractivity contribution in [2.24, 2.45) is 5.92 Å². The number of rotatable bonds is 6. The van der Waals surface area contributed by atoms with E-state index >= 15 is 0 Å². The molecular formula is C26H30N2O3S. The van der Waals surface area contributed by atoms with E-state index in [0.29, 0.717) is 17.9 Å². The molecule has 1 aliphatic carbocycles. The molecule has 2 N–H and O–H groups in total. The first-order valence-corrected chi connectivity index (χ1v) is 12.4. The Kier molecular flexibility index (Phi) is 6.17. The van der Waals surface area contributed by atoms with Crippen LogP contribution in [-0.2, 0) is 12.1 Å². The minimum absolute atomic E-state index is 0.222. The molecule has 1 atom stereocenters. The second-order valence-electron chi connectivity index (χ2n) is 9.11. The van der Waals surface area contributed by atoms with Crippen molar-refractivity contribution in [2.45, 2.75) is 44.2 Å². The first kappa shape index (κ1) is 21.4. The highest BCUT2D eigenvalue weighted by Crippen LogP contribution is 2.35. The predicted molar refractivity (Wildman–Crippen MR) is 128 cm³/mol. The zero-order valence-electron chi connectivity index (χ0n) is 18.3. The molecule has 0 bridgehead atoms. The molecule has 1 saturated heterocycles. The standard InChI is InChI=1S/C26H30N2O3S/c29-25(27-17-22-7-4-14-32-22)24-16-20-15-21(8-9-23(20)31-24)26(30)10-12-28(13-11-26)18-19-5-2-1-3-6-19/h1-2,4,7-9,14-16,19,30H,3,5-6,10-13,17-18H2,(H,27,29)/t19-/m1/s1. The van der Waals surface area contributed by atoms with Crippen molar-refractivity contribution < 1.29 is 14.3 Å². The minimum Gasteiger partial charge on any atom is -0.451 e. The van der Waals surface area contributed by atoms with Gasteiger partial charge in [0.1, 0.15) is 5.58 Å². The number of hydrogen-bond acceptors (Lipinski definition) is 5. The zero-order chi connectivity index (χ0) is 22.0. The maximum Gasteiger partial charge on any atom is 0.287 e. The van der Waals surface area contributed by atoms with E-state index in [1.807, 2.05) is 35.7 Å². The summed E-state index contributed by atoms with van der Waals surface area (Å²) in [5.74, 6) is 0.829. The van der Waals surface area contributed by atoms with Gasteiger partial charge < -0.3 is 19.7 Å².